The molecular formula is C21H23FN6O2. The van der Waals surface area contributed by atoms with E-state index in [0.29, 0.717) is 35.0 Å². The van der Waals surface area contributed by atoms with Crippen molar-refractivity contribution in [3.05, 3.63) is 48.3 Å². The number of halogens is 1. The van der Waals surface area contributed by atoms with Crippen LogP contribution in [0.1, 0.15) is 12.8 Å². The van der Waals surface area contributed by atoms with Crippen molar-refractivity contribution >= 4 is 29.2 Å². The maximum atomic E-state index is 13.2. The zero-order valence-electron chi connectivity index (χ0n) is 16.9. The van der Waals surface area contributed by atoms with Crippen LogP contribution in [-0.4, -0.2) is 42.3 Å². The van der Waals surface area contributed by atoms with E-state index in [1.165, 1.54) is 12.1 Å². The lowest BCUT2D eigenvalue weighted by Crippen LogP contribution is -2.21. The fourth-order valence-corrected chi connectivity index (χ4v) is 3.24. The quantitative estimate of drug-likeness (QED) is 0.602. The van der Waals surface area contributed by atoms with Crippen molar-refractivity contribution in [2.45, 2.75) is 12.8 Å². The summed E-state index contributed by atoms with van der Waals surface area (Å²) in [6, 6.07) is 11.5. The van der Waals surface area contributed by atoms with Gasteiger partial charge >= 0.3 is 0 Å². The molecule has 1 aliphatic rings. The largest absolute Gasteiger partial charge is 0.493 e. The third-order valence-electron chi connectivity index (χ3n) is 4.75. The molecule has 1 aromatic heterocycles. The molecule has 0 saturated carbocycles. The van der Waals surface area contributed by atoms with Crippen LogP contribution in [-0.2, 0) is 0 Å². The van der Waals surface area contributed by atoms with Crippen LogP contribution in [0.3, 0.4) is 0 Å². The number of nitrogens with zero attached hydrogens (tertiary/aromatic N) is 4. The molecule has 0 aliphatic carbocycles. The molecule has 0 radical (unpaired) electrons. The zero-order chi connectivity index (χ0) is 20.9. The summed E-state index contributed by atoms with van der Waals surface area (Å²) in [6.45, 7) is 1.80. The van der Waals surface area contributed by atoms with Gasteiger partial charge < -0.3 is 25.0 Å². The van der Waals surface area contributed by atoms with E-state index in [1.54, 1.807) is 32.4 Å². The average molecular weight is 410 g/mol. The van der Waals surface area contributed by atoms with Gasteiger partial charge in [0.25, 0.3) is 0 Å². The van der Waals surface area contributed by atoms with E-state index < -0.39 is 0 Å². The molecule has 156 valence electrons. The Hall–Kier alpha value is -3.62. The minimum atomic E-state index is -0.301. The molecule has 0 spiro atoms. The van der Waals surface area contributed by atoms with Gasteiger partial charge in [0.15, 0.2) is 11.5 Å². The minimum Gasteiger partial charge on any atom is -0.493 e. The molecule has 4 rings (SSSR count). The Morgan fingerprint density at radius 1 is 0.800 bits per heavy atom. The van der Waals surface area contributed by atoms with Crippen LogP contribution < -0.4 is 25.0 Å². The molecular weight excluding hydrogens is 387 g/mol. The molecule has 2 aromatic carbocycles. The summed E-state index contributed by atoms with van der Waals surface area (Å²) in [5.41, 5.74) is 1.44. The number of methoxy groups -OCH3 is 2. The highest BCUT2D eigenvalue weighted by atomic mass is 19.1. The second-order valence-corrected chi connectivity index (χ2v) is 6.80. The number of hydrogen-bond donors (Lipinski definition) is 2. The Bertz CT molecular complexity index is 1010. The topological polar surface area (TPSA) is 84.4 Å². The fourth-order valence-electron chi connectivity index (χ4n) is 3.24. The first-order valence-corrected chi connectivity index (χ1v) is 9.67. The SMILES string of the molecule is COc1ccc(Nc2nc(Nc3ccc(F)cc3)nc(N3CCCC3)n2)cc1OC. The Labute approximate surface area is 174 Å². The van der Waals surface area contributed by atoms with E-state index in [1.807, 2.05) is 12.1 Å². The number of hydrogen-bond acceptors (Lipinski definition) is 8. The van der Waals surface area contributed by atoms with E-state index in [4.69, 9.17) is 9.47 Å². The van der Waals surface area contributed by atoms with Crippen molar-refractivity contribution in [3.8, 4) is 11.5 Å². The van der Waals surface area contributed by atoms with E-state index in [-0.39, 0.29) is 5.82 Å². The molecule has 1 fully saturated rings. The van der Waals surface area contributed by atoms with Gasteiger partial charge in [0.2, 0.25) is 17.8 Å². The summed E-state index contributed by atoms with van der Waals surface area (Å²) in [5.74, 6) is 2.29. The Morgan fingerprint density at radius 3 is 2.03 bits per heavy atom. The Balaban J connectivity index is 1.64. The normalized spacial score (nSPS) is 13.2. The second-order valence-electron chi connectivity index (χ2n) is 6.80. The van der Waals surface area contributed by atoms with Crippen molar-refractivity contribution in [2.75, 3.05) is 42.8 Å². The number of aromatic nitrogens is 3. The van der Waals surface area contributed by atoms with Crippen molar-refractivity contribution < 1.29 is 13.9 Å². The van der Waals surface area contributed by atoms with E-state index in [0.717, 1.165) is 31.6 Å². The molecule has 0 atom stereocenters. The summed E-state index contributed by atoms with van der Waals surface area (Å²) >= 11 is 0. The molecule has 8 nitrogen and oxygen atoms in total. The third kappa shape index (κ3) is 4.51. The maximum Gasteiger partial charge on any atom is 0.233 e. The number of benzene rings is 2. The van der Waals surface area contributed by atoms with Gasteiger partial charge in [-0.2, -0.15) is 15.0 Å². The predicted molar refractivity (Wildman–Crippen MR) is 114 cm³/mol. The standard InChI is InChI=1S/C21H23FN6O2/c1-29-17-10-9-16(13-18(17)30-2)24-20-25-19(23-15-7-5-14(22)6-8-15)26-21(27-20)28-11-3-4-12-28/h5-10,13H,3-4,11-12H2,1-2H3,(H2,23,24,25,26,27). The average Bonchev–Trinajstić information content (AvgIpc) is 3.30. The van der Waals surface area contributed by atoms with Gasteiger partial charge in [-0.15, -0.1) is 0 Å². The molecule has 2 heterocycles. The first-order chi connectivity index (χ1) is 14.6. The van der Waals surface area contributed by atoms with Crippen LogP contribution in [0.25, 0.3) is 0 Å². The summed E-state index contributed by atoms with van der Waals surface area (Å²) in [4.78, 5) is 15.7. The Morgan fingerprint density at radius 2 is 1.40 bits per heavy atom. The summed E-state index contributed by atoms with van der Waals surface area (Å²) in [7, 11) is 3.17. The van der Waals surface area contributed by atoms with Crippen LogP contribution in [0, 0.1) is 5.82 Å². The predicted octanol–water partition coefficient (Wildman–Crippen LogP) is 4.12. The van der Waals surface area contributed by atoms with Crippen molar-refractivity contribution in [3.63, 3.8) is 0 Å². The summed E-state index contributed by atoms with van der Waals surface area (Å²) in [6.07, 6.45) is 2.20. The van der Waals surface area contributed by atoms with Crippen LogP contribution in [0.5, 0.6) is 11.5 Å². The monoisotopic (exact) mass is 410 g/mol. The molecule has 2 N–H and O–H groups in total. The minimum absolute atomic E-state index is 0.301. The van der Waals surface area contributed by atoms with Gasteiger partial charge in [-0.25, -0.2) is 4.39 Å². The number of rotatable bonds is 7. The van der Waals surface area contributed by atoms with Gasteiger partial charge in [0.05, 0.1) is 14.2 Å². The van der Waals surface area contributed by atoms with Crippen LogP contribution in [0.4, 0.5) is 33.6 Å². The molecule has 0 unspecified atom stereocenters. The first-order valence-electron chi connectivity index (χ1n) is 9.67. The second kappa shape index (κ2) is 8.81. The zero-order valence-corrected chi connectivity index (χ0v) is 16.9. The molecule has 1 aliphatic heterocycles. The molecule has 9 heteroatoms. The van der Waals surface area contributed by atoms with Crippen LogP contribution in [0.15, 0.2) is 42.5 Å². The fraction of sp³-hybridized carbons (Fsp3) is 0.286. The lowest BCUT2D eigenvalue weighted by molar-refractivity contribution is 0.355. The van der Waals surface area contributed by atoms with E-state index in [9.17, 15) is 4.39 Å². The van der Waals surface area contributed by atoms with Crippen molar-refractivity contribution in [2.24, 2.45) is 0 Å². The van der Waals surface area contributed by atoms with Gasteiger partial charge in [0, 0.05) is 30.5 Å². The Kier molecular flexibility index (Phi) is 5.78. The molecule has 30 heavy (non-hydrogen) atoms. The number of nitrogens with one attached hydrogen (secondary N) is 2. The van der Waals surface area contributed by atoms with E-state index >= 15 is 0 Å². The highest BCUT2D eigenvalue weighted by Crippen LogP contribution is 2.31. The highest BCUT2D eigenvalue weighted by Gasteiger charge is 2.18. The molecule has 3 aromatic rings. The summed E-state index contributed by atoms with van der Waals surface area (Å²) in [5, 5.41) is 6.33. The molecule has 1 saturated heterocycles. The number of anilines is 5. The third-order valence-corrected chi connectivity index (χ3v) is 4.75. The van der Waals surface area contributed by atoms with E-state index in [2.05, 4.69) is 30.5 Å². The lowest BCUT2D eigenvalue weighted by Gasteiger charge is -2.17. The van der Waals surface area contributed by atoms with Crippen LogP contribution >= 0.6 is 0 Å². The van der Waals surface area contributed by atoms with Crippen LogP contribution in [0.2, 0.25) is 0 Å². The van der Waals surface area contributed by atoms with Gasteiger partial charge in [-0.3, -0.25) is 0 Å². The molecule has 0 amide bonds. The summed E-state index contributed by atoms with van der Waals surface area (Å²) < 4.78 is 23.9. The highest BCUT2D eigenvalue weighted by molar-refractivity contribution is 5.62. The lowest BCUT2D eigenvalue weighted by atomic mass is 10.3. The number of ether oxygens (including phenoxy) is 2. The first kappa shape index (κ1) is 19.7. The van der Waals surface area contributed by atoms with Crippen molar-refractivity contribution in [1.29, 1.82) is 0 Å². The van der Waals surface area contributed by atoms with Gasteiger partial charge in [-0.1, -0.05) is 0 Å². The smallest absolute Gasteiger partial charge is 0.233 e. The van der Waals surface area contributed by atoms with Gasteiger partial charge in [0.1, 0.15) is 5.82 Å². The maximum absolute atomic E-state index is 13.2. The molecule has 0 bridgehead atoms. The van der Waals surface area contributed by atoms with Gasteiger partial charge in [-0.05, 0) is 49.2 Å². The van der Waals surface area contributed by atoms with Crippen molar-refractivity contribution in [1.82, 2.24) is 15.0 Å².